The van der Waals surface area contributed by atoms with Crippen molar-refractivity contribution in [2.45, 2.75) is 26.3 Å². The van der Waals surface area contributed by atoms with Crippen LogP contribution in [0.4, 0.5) is 4.79 Å². The molecule has 0 aromatic rings. The quantitative estimate of drug-likeness (QED) is 0.430. The maximum absolute atomic E-state index is 11.3. The number of carboxylic acids is 1. The van der Waals surface area contributed by atoms with Crippen molar-refractivity contribution in [3.8, 4) is 0 Å². The van der Waals surface area contributed by atoms with Crippen LogP contribution in [0.25, 0.3) is 0 Å². The number of ether oxygens (including phenoxy) is 1. The zero-order valence-corrected chi connectivity index (χ0v) is 10.8. The van der Waals surface area contributed by atoms with E-state index in [1.54, 1.807) is 0 Å². The molecule has 0 rings (SSSR count). The Morgan fingerprint density at radius 1 is 1.33 bits per heavy atom. The van der Waals surface area contributed by atoms with E-state index in [1.165, 1.54) is 0 Å². The molecule has 7 heteroatoms. The smallest absolute Gasteiger partial charge is 0.326 e. The fourth-order valence-electron chi connectivity index (χ4n) is 1.15. The maximum atomic E-state index is 11.3. The fraction of sp³-hybridized carbons (Fsp3) is 0.818. The van der Waals surface area contributed by atoms with Crippen LogP contribution in [0, 0.1) is 5.92 Å². The molecular weight excluding hydrogens is 240 g/mol. The molecule has 0 spiro atoms. The molecule has 0 aliphatic rings. The van der Waals surface area contributed by atoms with Crippen LogP contribution in [0.5, 0.6) is 0 Å². The summed E-state index contributed by atoms with van der Waals surface area (Å²) in [4.78, 5) is 22.0. The van der Waals surface area contributed by atoms with Gasteiger partial charge in [-0.1, -0.05) is 13.8 Å². The maximum Gasteiger partial charge on any atom is 0.326 e. The van der Waals surface area contributed by atoms with E-state index in [1.807, 2.05) is 13.8 Å². The number of aliphatic hydroxyl groups is 1. The summed E-state index contributed by atoms with van der Waals surface area (Å²) in [7, 11) is 0. The second-order valence-corrected chi connectivity index (χ2v) is 4.27. The molecule has 0 aliphatic heterocycles. The van der Waals surface area contributed by atoms with E-state index in [-0.39, 0.29) is 13.0 Å². The van der Waals surface area contributed by atoms with Crippen LogP contribution in [0.1, 0.15) is 20.3 Å². The largest absolute Gasteiger partial charge is 0.480 e. The molecule has 0 saturated carbocycles. The van der Waals surface area contributed by atoms with Crippen LogP contribution in [0.3, 0.4) is 0 Å². The standard InChI is InChI=1S/C11H22N2O5/c1-8(2)7-18-6-4-12-11(17)13-9(3-5-14)10(15)16/h8-9,14H,3-7H2,1-2H3,(H,15,16)(H2,12,13,17)/t9-/m0/s1. The molecule has 106 valence electrons. The van der Waals surface area contributed by atoms with E-state index in [0.717, 1.165) is 0 Å². The molecule has 0 fully saturated rings. The first-order valence-corrected chi connectivity index (χ1v) is 5.93. The van der Waals surface area contributed by atoms with E-state index in [0.29, 0.717) is 25.7 Å². The zero-order valence-electron chi connectivity index (χ0n) is 10.8. The van der Waals surface area contributed by atoms with E-state index >= 15 is 0 Å². The van der Waals surface area contributed by atoms with Crippen LogP contribution >= 0.6 is 0 Å². The molecular formula is C11H22N2O5. The van der Waals surface area contributed by atoms with Crippen molar-refractivity contribution in [3.05, 3.63) is 0 Å². The zero-order chi connectivity index (χ0) is 14.0. The van der Waals surface area contributed by atoms with E-state index in [4.69, 9.17) is 14.9 Å². The number of rotatable bonds is 9. The summed E-state index contributed by atoms with van der Waals surface area (Å²) in [5.74, 6) is -0.741. The monoisotopic (exact) mass is 262 g/mol. The third-order valence-corrected chi connectivity index (χ3v) is 2.00. The minimum Gasteiger partial charge on any atom is -0.480 e. The molecule has 0 aromatic carbocycles. The molecule has 0 aromatic heterocycles. The van der Waals surface area contributed by atoms with Crippen molar-refractivity contribution in [2.75, 3.05) is 26.4 Å². The fourth-order valence-corrected chi connectivity index (χ4v) is 1.15. The number of hydrogen-bond acceptors (Lipinski definition) is 4. The van der Waals surface area contributed by atoms with Gasteiger partial charge in [0.1, 0.15) is 6.04 Å². The molecule has 18 heavy (non-hydrogen) atoms. The average Bonchev–Trinajstić information content (AvgIpc) is 2.27. The predicted molar refractivity (Wildman–Crippen MR) is 65.3 cm³/mol. The third-order valence-electron chi connectivity index (χ3n) is 2.00. The van der Waals surface area contributed by atoms with Gasteiger partial charge in [0.25, 0.3) is 0 Å². The number of aliphatic hydroxyl groups excluding tert-OH is 1. The number of nitrogens with one attached hydrogen (secondary N) is 2. The minimum absolute atomic E-state index is 0.0212. The number of hydrogen-bond donors (Lipinski definition) is 4. The summed E-state index contributed by atoms with van der Waals surface area (Å²) in [6.45, 7) is 5.05. The normalized spacial score (nSPS) is 12.2. The van der Waals surface area contributed by atoms with Crippen LogP contribution < -0.4 is 10.6 Å². The van der Waals surface area contributed by atoms with Crippen LogP contribution in [-0.2, 0) is 9.53 Å². The van der Waals surface area contributed by atoms with Gasteiger partial charge in [0.2, 0.25) is 0 Å². The molecule has 0 unspecified atom stereocenters. The SMILES string of the molecule is CC(C)COCCNC(=O)N[C@@H](CCO)C(=O)O. The van der Waals surface area contributed by atoms with Crippen LogP contribution in [-0.4, -0.2) is 54.6 Å². The van der Waals surface area contributed by atoms with E-state index < -0.39 is 18.0 Å². The van der Waals surface area contributed by atoms with Gasteiger partial charge >= 0.3 is 12.0 Å². The highest BCUT2D eigenvalue weighted by Gasteiger charge is 2.18. The van der Waals surface area contributed by atoms with Gasteiger partial charge in [-0.3, -0.25) is 0 Å². The second kappa shape index (κ2) is 9.67. The number of urea groups is 1. The second-order valence-electron chi connectivity index (χ2n) is 4.27. The number of carbonyl (C=O) groups is 2. The van der Waals surface area contributed by atoms with E-state index in [9.17, 15) is 9.59 Å². The number of amides is 2. The Balaban J connectivity index is 3.71. The third kappa shape index (κ3) is 8.77. The van der Waals surface area contributed by atoms with Crippen molar-refractivity contribution in [1.29, 1.82) is 0 Å². The molecule has 7 nitrogen and oxygen atoms in total. The molecule has 4 N–H and O–H groups in total. The lowest BCUT2D eigenvalue weighted by Gasteiger charge is -2.14. The Bertz CT molecular complexity index is 258. The van der Waals surface area contributed by atoms with Gasteiger partial charge in [0.05, 0.1) is 6.61 Å². The first kappa shape index (κ1) is 16.7. The Labute approximate surface area is 107 Å². The summed E-state index contributed by atoms with van der Waals surface area (Å²) < 4.78 is 5.25. The average molecular weight is 262 g/mol. The van der Waals surface area contributed by atoms with Gasteiger partial charge in [-0.05, 0) is 5.92 Å². The lowest BCUT2D eigenvalue weighted by molar-refractivity contribution is -0.139. The van der Waals surface area contributed by atoms with Gasteiger partial charge in [-0.15, -0.1) is 0 Å². The Morgan fingerprint density at radius 3 is 2.50 bits per heavy atom. The summed E-state index contributed by atoms with van der Waals surface area (Å²) >= 11 is 0. The summed E-state index contributed by atoms with van der Waals surface area (Å²) in [6.07, 6.45) is -0.0212. The highest BCUT2D eigenvalue weighted by Crippen LogP contribution is 1.92. The number of aliphatic carboxylic acids is 1. The highest BCUT2D eigenvalue weighted by atomic mass is 16.5. The first-order valence-electron chi connectivity index (χ1n) is 5.93. The number of carboxylic acid groups (broad SMARTS) is 1. The van der Waals surface area contributed by atoms with Gasteiger partial charge in [0, 0.05) is 26.2 Å². The van der Waals surface area contributed by atoms with Gasteiger partial charge < -0.3 is 25.6 Å². The number of carbonyl (C=O) groups excluding carboxylic acids is 1. The highest BCUT2D eigenvalue weighted by molar-refractivity contribution is 5.82. The van der Waals surface area contributed by atoms with Crippen LogP contribution in [0.2, 0.25) is 0 Å². The Kier molecular flexibility index (Phi) is 8.95. The summed E-state index contributed by atoms with van der Waals surface area (Å²) in [5.41, 5.74) is 0. The molecule has 0 heterocycles. The Hall–Kier alpha value is -1.34. The molecule has 0 aliphatic carbocycles. The molecule has 1 atom stereocenters. The lowest BCUT2D eigenvalue weighted by atomic mass is 10.2. The molecule has 0 bridgehead atoms. The van der Waals surface area contributed by atoms with Crippen molar-refractivity contribution in [2.24, 2.45) is 5.92 Å². The summed E-state index contributed by atoms with van der Waals surface area (Å²) in [5, 5.41) is 22.1. The van der Waals surface area contributed by atoms with Crippen molar-refractivity contribution in [3.63, 3.8) is 0 Å². The first-order chi connectivity index (χ1) is 8.47. The summed E-state index contributed by atoms with van der Waals surface area (Å²) in [6, 6.07) is -1.66. The van der Waals surface area contributed by atoms with Crippen molar-refractivity contribution < 1.29 is 24.5 Å². The lowest BCUT2D eigenvalue weighted by Crippen LogP contribution is -2.47. The van der Waals surface area contributed by atoms with Gasteiger partial charge in [-0.25, -0.2) is 9.59 Å². The Morgan fingerprint density at radius 2 is 2.00 bits per heavy atom. The molecule has 0 saturated heterocycles. The van der Waals surface area contributed by atoms with Crippen LogP contribution in [0.15, 0.2) is 0 Å². The van der Waals surface area contributed by atoms with E-state index in [2.05, 4.69) is 10.6 Å². The molecule has 0 radical (unpaired) electrons. The predicted octanol–water partition coefficient (Wildman–Crippen LogP) is -0.206. The topological polar surface area (TPSA) is 108 Å². The molecule has 2 amide bonds. The van der Waals surface area contributed by atoms with Gasteiger partial charge in [-0.2, -0.15) is 0 Å². The van der Waals surface area contributed by atoms with Crippen molar-refractivity contribution in [1.82, 2.24) is 10.6 Å². The van der Waals surface area contributed by atoms with Crippen molar-refractivity contribution >= 4 is 12.0 Å². The minimum atomic E-state index is -1.17. The van der Waals surface area contributed by atoms with Gasteiger partial charge in [0.15, 0.2) is 0 Å².